The second-order valence-corrected chi connectivity index (χ2v) is 7.33. The van der Waals surface area contributed by atoms with Crippen LogP contribution in [0.4, 0.5) is 0 Å². The summed E-state index contributed by atoms with van der Waals surface area (Å²) >= 11 is 0. The third-order valence-corrected chi connectivity index (χ3v) is 4.50. The van der Waals surface area contributed by atoms with E-state index in [0.717, 1.165) is 38.6 Å². The van der Waals surface area contributed by atoms with Gasteiger partial charge in [-0.2, -0.15) is 0 Å². The molecule has 0 spiro atoms. The van der Waals surface area contributed by atoms with Crippen molar-refractivity contribution in [3.8, 4) is 0 Å². The first-order valence-electron chi connectivity index (χ1n) is 8.27. The maximum absolute atomic E-state index is 5.60. The van der Waals surface area contributed by atoms with E-state index in [9.17, 15) is 0 Å². The molecule has 0 unspecified atom stereocenters. The average Bonchev–Trinajstić information content (AvgIpc) is 2.98. The van der Waals surface area contributed by atoms with Crippen LogP contribution in [0.2, 0.25) is 0 Å². The summed E-state index contributed by atoms with van der Waals surface area (Å²) in [5.74, 6) is 0.896. The molecule has 2 heterocycles. The Morgan fingerprint density at radius 1 is 1.19 bits per heavy atom. The van der Waals surface area contributed by atoms with Crippen molar-refractivity contribution in [2.24, 2.45) is 4.99 Å². The zero-order valence-corrected chi connectivity index (χ0v) is 14.2. The molecule has 0 saturated carbocycles. The van der Waals surface area contributed by atoms with Crippen molar-refractivity contribution < 1.29 is 4.74 Å². The van der Waals surface area contributed by atoms with E-state index in [2.05, 4.69) is 41.3 Å². The van der Waals surface area contributed by atoms with Crippen LogP contribution in [-0.2, 0) is 4.74 Å². The van der Waals surface area contributed by atoms with Gasteiger partial charge in [-0.25, -0.2) is 0 Å². The molecule has 2 fully saturated rings. The summed E-state index contributed by atoms with van der Waals surface area (Å²) < 4.78 is 5.60. The number of aliphatic imine (C=N–C) groups is 1. The van der Waals surface area contributed by atoms with Crippen LogP contribution in [0.15, 0.2) is 4.99 Å². The van der Waals surface area contributed by atoms with Gasteiger partial charge in [-0.3, -0.25) is 9.89 Å². The Balaban J connectivity index is 1.98. The van der Waals surface area contributed by atoms with E-state index in [1.807, 2.05) is 7.05 Å². The van der Waals surface area contributed by atoms with E-state index in [1.54, 1.807) is 0 Å². The van der Waals surface area contributed by atoms with Gasteiger partial charge in [0.1, 0.15) is 0 Å². The largest absolute Gasteiger partial charge is 0.381 e. The molecule has 5 heteroatoms. The van der Waals surface area contributed by atoms with Gasteiger partial charge in [0.25, 0.3) is 0 Å². The summed E-state index contributed by atoms with van der Waals surface area (Å²) in [5.41, 5.74) is 0.266. The lowest BCUT2D eigenvalue weighted by Gasteiger charge is -2.45. The Bertz CT molecular complexity index is 350. The highest BCUT2D eigenvalue weighted by atomic mass is 16.5. The van der Waals surface area contributed by atoms with E-state index >= 15 is 0 Å². The maximum atomic E-state index is 5.60. The predicted molar refractivity (Wildman–Crippen MR) is 87.8 cm³/mol. The van der Waals surface area contributed by atoms with Crippen LogP contribution in [0.1, 0.15) is 46.5 Å². The van der Waals surface area contributed by atoms with E-state index in [-0.39, 0.29) is 11.1 Å². The van der Waals surface area contributed by atoms with Crippen molar-refractivity contribution in [3.05, 3.63) is 0 Å². The van der Waals surface area contributed by atoms with Crippen molar-refractivity contribution in [1.82, 2.24) is 15.5 Å². The maximum Gasteiger partial charge on any atom is 0.191 e. The molecule has 0 aliphatic carbocycles. The normalized spacial score (nSPS) is 24.1. The zero-order chi connectivity index (χ0) is 15.3. The minimum atomic E-state index is 0.0261. The first kappa shape index (κ1) is 16.6. The molecule has 5 nitrogen and oxygen atoms in total. The molecule has 2 rings (SSSR count). The molecule has 0 atom stereocenters. The summed E-state index contributed by atoms with van der Waals surface area (Å²) in [5, 5.41) is 7.00. The Morgan fingerprint density at radius 2 is 1.81 bits per heavy atom. The molecule has 2 saturated heterocycles. The van der Waals surface area contributed by atoms with E-state index in [0.29, 0.717) is 0 Å². The Morgan fingerprint density at radius 3 is 2.33 bits per heavy atom. The minimum absolute atomic E-state index is 0.0261. The molecule has 0 amide bonds. The van der Waals surface area contributed by atoms with Crippen molar-refractivity contribution >= 4 is 5.96 Å². The third kappa shape index (κ3) is 4.58. The van der Waals surface area contributed by atoms with Crippen molar-refractivity contribution in [1.29, 1.82) is 0 Å². The number of hydrogen-bond donors (Lipinski definition) is 2. The third-order valence-electron chi connectivity index (χ3n) is 4.50. The molecular formula is C16H32N4O. The molecule has 2 aliphatic heterocycles. The highest BCUT2D eigenvalue weighted by Gasteiger charge is 2.39. The lowest BCUT2D eigenvalue weighted by atomic mass is 9.88. The number of hydrogen-bond acceptors (Lipinski definition) is 3. The molecule has 0 aromatic heterocycles. The van der Waals surface area contributed by atoms with E-state index < -0.39 is 0 Å². The molecule has 0 aromatic rings. The average molecular weight is 296 g/mol. The molecule has 21 heavy (non-hydrogen) atoms. The summed E-state index contributed by atoms with van der Waals surface area (Å²) in [6.07, 6.45) is 4.90. The highest BCUT2D eigenvalue weighted by Crippen LogP contribution is 2.30. The second kappa shape index (κ2) is 6.97. The molecule has 2 aliphatic rings. The van der Waals surface area contributed by atoms with Crippen molar-refractivity contribution in [2.75, 3.05) is 39.9 Å². The first-order valence-corrected chi connectivity index (χ1v) is 8.27. The number of likely N-dealkylation sites (tertiary alicyclic amines) is 1. The van der Waals surface area contributed by atoms with Crippen LogP contribution in [-0.4, -0.2) is 61.8 Å². The Labute approximate surface area is 129 Å². The van der Waals surface area contributed by atoms with Crippen LogP contribution in [0.5, 0.6) is 0 Å². The highest BCUT2D eigenvalue weighted by molar-refractivity contribution is 5.80. The quantitative estimate of drug-likeness (QED) is 0.613. The van der Waals surface area contributed by atoms with Crippen LogP contribution < -0.4 is 10.6 Å². The number of nitrogens with zero attached hydrogens (tertiary/aromatic N) is 2. The smallest absolute Gasteiger partial charge is 0.191 e. The van der Waals surface area contributed by atoms with Crippen LogP contribution in [0.25, 0.3) is 0 Å². The van der Waals surface area contributed by atoms with Crippen LogP contribution in [0, 0.1) is 0 Å². The molecule has 0 aromatic carbocycles. The first-order chi connectivity index (χ1) is 9.95. The number of nitrogens with one attached hydrogen (secondary N) is 2. The number of rotatable bonds is 3. The van der Waals surface area contributed by atoms with Crippen LogP contribution in [0.3, 0.4) is 0 Å². The summed E-state index contributed by atoms with van der Waals surface area (Å²) in [4.78, 5) is 7.03. The monoisotopic (exact) mass is 296 g/mol. The fraction of sp³-hybridized carbons (Fsp3) is 0.938. The molecule has 122 valence electrons. The fourth-order valence-electron chi connectivity index (χ4n) is 3.33. The van der Waals surface area contributed by atoms with Crippen molar-refractivity contribution in [2.45, 2.75) is 57.5 Å². The lowest BCUT2D eigenvalue weighted by Crippen LogP contribution is -2.59. The predicted octanol–water partition coefficient (Wildman–Crippen LogP) is 1.59. The van der Waals surface area contributed by atoms with Gasteiger partial charge in [0.2, 0.25) is 0 Å². The molecule has 0 bridgehead atoms. The number of ether oxygens (including phenoxy) is 1. The molecule has 0 radical (unpaired) electrons. The van der Waals surface area contributed by atoms with E-state index in [4.69, 9.17) is 4.74 Å². The topological polar surface area (TPSA) is 48.9 Å². The molecular weight excluding hydrogens is 264 g/mol. The van der Waals surface area contributed by atoms with Gasteiger partial charge in [-0.05, 0) is 59.5 Å². The summed E-state index contributed by atoms with van der Waals surface area (Å²) in [6.45, 7) is 11.6. The number of guanidine groups is 1. The van der Waals surface area contributed by atoms with Gasteiger partial charge in [0.05, 0.1) is 0 Å². The van der Waals surface area contributed by atoms with Gasteiger partial charge in [-0.15, -0.1) is 0 Å². The van der Waals surface area contributed by atoms with Gasteiger partial charge >= 0.3 is 0 Å². The van der Waals surface area contributed by atoms with Gasteiger partial charge in [0.15, 0.2) is 5.96 Å². The van der Waals surface area contributed by atoms with Gasteiger partial charge in [0, 0.05) is 37.9 Å². The SMILES string of the molecule is CN=C(NCC1(N2CCCC2)CCOCC1)NC(C)(C)C. The minimum Gasteiger partial charge on any atom is -0.381 e. The standard InChI is InChI=1S/C16H32N4O/c1-15(2,3)19-14(17-4)18-13-16(7-11-21-12-8-16)20-9-5-6-10-20/h5-13H2,1-4H3,(H2,17,18,19). The Kier molecular flexibility index (Phi) is 5.49. The molecule has 2 N–H and O–H groups in total. The second-order valence-electron chi connectivity index (χ2n) is 7.33. The van der Waals surface area contributed by atoms with Crippen LogP contribution >= 0.6 is 0 Å². The summed E-state index contributed by atoms with van der Waals surface area (Å²) in [7, 11) is 1.84. The fourth-order valence-corrected chi connectivity index (χ4v) is 3.33. The summed E-state index contributed by atoms with van der Waals surface area (Å²) in [6, 6.07) is 0. The zero-order valence-electron chi connectivity index (χ0n) is 14.2. The van der Waals surface area contributed by atoms with Gasteiger partial charge < -0.3 is 15.4 Å². The lowest BCUT2D eigenvalue weighted by molar-refractivity contribution is -0.0164. The van der Waals surface area contributed by atoms with Crippen molar-refractivity contribution in [3.63, 3.8) is 0 Å². The Hall–Kier alpha value is -0.810. The van der Waals surface area contributed by atoms with E-state index in [1.165, 1.54) is 25.9 Å². The van der Waals surface area contributed by atoms with Gasteiger partial charge in [-0.1, -0.05) is 0 Å².